The minimum atomic E-state index is -1.45. The Bertz CT molecular complexity index is 979. The summed E-state index contributed by atoms with van der Waals surface area (Å²) in [5, 5.41) is 14.8. The molecule has 3 atom stereocenters. The van der Waals surface area contributed by atoms with Gasteiger partial charge in [0.1, 0.15) is 0 Å². The molecular formula is C26H31NO5. The molecule has 0 saturated carbocycles. The SMILES string of the molecule is CCOC(=O)C1=C(Nc2ccc(C)cc2)C[C@@](C)(O)[C@@H](C(=O)OCC)[C@@H]1c1ccccc1. The number of rotatable bonds is 7. The first-order valence-electron chi connectivity index (χ1n) is 11.0. The summed E-state index contributed by atoms with van der Waals surface area (Å²) in [6.45, 7) is 7.45. The van der Waals surface area contributed by atoms with Gasteiger partial charge in [-0.15, -0.1) is 0 Å². The van der Waals surface area contributed by atoms with Crippen LogP contribution in [0.15, 0.2) is 65.9 Å². The van der Waals surface area contributed by atoms with Crippen molar-refractivity contribution in [2.75, 3.05) is 18.5 Å². The van der Waals surface area contributed by atoms with Gasteiger partial charge in [0.05, 0.1) is 30.3 Å². The van der Waals surface area contributed by atoms with Crippen molar-refractivity contribution < 1.29 is 24.2 Å². The Morgan fingerprint density at radius 2 is 1.66 bits per heavy atom. The number of carbonyl (C=O) groups is 2. The highest BCUT2D eigenvalue weighted by Gasteiger charge is 2.52. The molecule has 32 heavy (non-hydrogen) atoms. The smallest absolute Gasteiger partial charge is 0.336 e. The molecule has 2 aromatic carbocycles. The predicted molar refractivity (Wildman–Crippen MR) is 123 cm³/mol. The van der Waals surface area contributed by atoms with Crippen LogP contribution in [0.4, 0.5) is 5.69 Å². The van der Waals surface area contributed by atoms with E-state index >= 15 is 0 Å². The standard InChI is InChI=1S/C26H31NO5/c1-5-31-24(28)22-20(27-19-14-12-17(3)13-15-19)16-26(4,30)23(25(29)32-6-2)21(22)18-10-8-7-9-11-18/h7-15,21,23,27,30H,5-6,16H2,1-4H3/t21-,23-,26-/m1/s1. The van der Waals surface area contributed by atoms with Gasteiger partial charge in [-0.3, -0.25) is 4.79 Å². The number of ether oxygens (including phenoxy) is 2. The van der Waals surface area contributed by atoms with Crippen molar-refractivity contribution in [3.05, 3.63) is 77.0 Å². The van der Waals surface area contributed by atoms with Gasteiger partial charge in [0.2, 0.25) is 0 Å². The Kier molecular flexibility index (Phi) is 7.36. The zero-order chi connectivity index (χ0) is 23.3. The van der Waals surface area contributed by atoms with Gasteiger partial charge in [-0.25, -0.2) is 4.79 Å². The zero-order valence-electron chi connectivity index (χ0n) is 19.1. The molecule has 170 valence electrons. The average Bonchev–Trinajstić information content (AvgIpc) is 2.75. The van der Waals surface area contributed by atoms with E-state index in [0.717, 1.165) is 16.8 Å². The maximum Gasteiger partial charge on any atom is 0.336 e. The summed E-state index contributed by atoms with van der Waals surface area (Å²) in [5.74, 6) is -2.75. The fourth-order valence-electron chi connectivity index (χ4n) is 4.30. The molecule has 2 aromatic rings. The van der Waals surface area contributed by atoms with E-state index in [0.29, 0.717) is 11.3 Å². The fraction of sp³-hybridized carbons (Fsp3) is 0.385. The molecule has 0 aliphatic heterocycles. The number of nitrogens with one attached hydrogen (secondary N) is 1. The summed E-state index contributed by atoms with van der Waals surface area (Å²) in [6, 6.07) is 17.0. The van der Waals surface area contributed by atoms with E-state index in [-0.39, 0.29) is 19.6 Å². The molecule has 3 rings (SSSR count). The number of hydrogen-bond acceptors (Lipinski definition) is 6. The van der Waals surface area contributed by atoms with E-state index in [2.05, 4.69) is 5.32 Å². The average molecular weight is 438 g/mol. The molecule has 1 aliphatic carbocycles. The summed E-state index contributed by atoms with van der Waals surface area (Å²) >= 11 is 0. The highest BCUT2D eigenvalue weighted by atomic mass is 16.5. The maximum atomic E-state index is 13.2. The van der Waals surface area contributed by atoms with E-state index in [9.17, 15) is 14.7 Å². The molecule has 0 aromatic heterocycles. The minimum Gasteiger partial charge on any atom is -0.466 e. The Labute approximate surface area is 189 Å². The van der Waals surface area contributed by atoms with Gasteiger partial charge in [0.15, 0.2) is 0 Å². The number of anilines is 1. The molecule has 0 unspecified atom stereocenters. The quantitative estimate of drug-likeness (QED) is 0.627. The van der Waals surface area contributed by atoms with Crippen LogP contribution in [0.2, 0.25) is 0 Å². The fourth-order valence-corrected chi connectivity index (χ4v) is 4.30. The minimum absolute atomic E-state index is 0.0713. The lowest BCUT2D eigenvalue weighted by Gasteiger charge is -2.43. The van der Waals surface area contributed by atoms with Gasteiger partial charge in [0.25, 0.3) is 0 Å². The summed E-state index contributed by atoms with van der Waals surface area (Å²) in [7, 11) is 0. The number of benzene rings is 2. The highest BCUT2D eigenvalue weighted by Crippen LogP contribution is 2.48. The lowest BCUT2D eigenvalue weighted by atomic mass is 9.66. The molecule has 6 nitrogen and oxygen atoms in total. The molecule has 0 spiro atoms. The van der Waals surface area contributed by atoms with Gasteiger partial charge in [-0.1, -0.05) is 48.0 Å². The molecule has 0 bridgehead atoms. The Morgan fingerprint density at radius 1 is 1.03 bits per heavy atom. The number of aryl methyl sites for hydroxylation is 1. The van der Waals surface area contributed by atoms with Crippen LogP contribution in [-0.4, -0.2) is 35.9 Å². The zero-order valence-corrected chi connectivity index (χ0v) is 19.1. The van der Waals surface area contributed by atoms with Gasteiger partial charge in [-0.05, 0) is 45.4 Å². The van der Waals surface area contributed by atoms with Crippen molar-refractivity contribution in [3.8, 4) is 0 Å². The number of aliphatic hydroxyl groups is 1. The normalized spacial score (nSPS) is 22.9. The Morgan fingerprint density at radius 3 is 2.25 bits per heavy atom. The lowest BCUT2D eigenvalue weighted by Crippen LogP contribution is -2.49. The first-order valence-corrected chi connectivity index (χ1v) is 11.0. The molecule has 0 amide bonds. The van der Waals surface area contributed by atoms with Crippen molar-refractivity contribution >= 4 is 17.6 Å². The number of esters is 2. The van der Waals surface area contributed by atoms with E-state index in [1.807, 2.05) is 61.5 Å². The van der Waals surface area contributed by atoms with Crippen molar-refractivity contribution in [2.24, 2.45) is 5.92 Å². The second-order valence-electron chi connectivity index (χ2n) is 8.26. The largest absolute Gasteiger partial charge is 0.466 e. The van der Waals surface area contributed by atoms with Gasteiger partial charge in [-0.2, -0.15) is 0 Å². The third kappa shape index (κ3) is 5.02. The van der Waals surface area contributed by atoms with Crippen LogP contribution in [0.1, 0.15) is 44.2 Å². The van der Waals surface area contributed by atoms with Crippen LogP contribution in [-0.2, 0) is 19.1 Å². The summed E-state index contributed by atoms with van der Waals surface area (Å²) in [4.78, 5) is 26.3. The third-order valence-corrected chi connectivity index (χ3v) is 5.72. The van der Waals surface area contributed by atoms with Crippen molar-refractivity contribution in [1.29, 1.82) is 0 Å². The third-order valence-electron chi connectivity index (χ3n) is 5.72. The summed E-state index contributed by atoms with van der Waals surface area (Å²) in [5.41, 5.74) is 2.04. The lowest BCUT2D eigenvalue weighted by molar-refractivity contribution is -0.159. The molecule has 0 saturated heterocycles. The van der Waals surface area contributed by atoms with Crippen molar-refractivity contribution in [3.63, 3.8) is 0 Å². The predicted octanol–water partition coefficient (Wildman–Crippen LogP) is 4.34. The van der Waals surface area contributed by atoms with Crippen LogP contribution >= 0.6 is 0 Å². The second-order valence-corrected chi connectivity index (χ2v) is 8.26. The molecule has 2 N–H and O–H groups in total. The highest BCUT2D eigenvalue weighted by molar-refractivity contribution is 5.94. The van der Waals surface area contributed by atoms with Crippen LogP contribution in [0.25, 0.3) is 0 Å². The summed E-state index contributed by atoms with van der Waals surface area (Å²) < 4.78 is 10.7. The first kappa shape index (κ1) is 23.5. The van der Waals surface area contributed by atoms with E-state index < -0.39 is 29.4 Å². The van der Waals surface area contributed by atoms with Gasteiger partial charge >= 0.3 is 11.9 Å². The van der Waals surface area contributed by atoms with Crippen LogP contribution in [0, 0.1) is 12.8 Å². The Balaban J connectivity index is 2.21. The number of carbonyl (C=O) groups excluding carboxylic acids is 2. The maximum absolute atomic E-state index is 13.2. The monoisotopic (exact) mass is 437 g/mol. The summed E-state index contributed by atoms with van der Waals surface area (Å²) in [6.07, 6.45) is 0.0713. The molecule has 0 radical (unpaired) electrons. The molecule has 0 heterocycles. The van der Waals surface area contributed by atoms with E-state index in [4.69, 9.17) is 9.47 Å². The van der Waals surface area contributed by atoms with Crippen LogP contribution in [0.3, 0.4) is 0 Å². The van der Waals surface area contributed by atoms with Gasteiger partial charge in [0, 0.05) is 23.7 Å². The molecular weight excluding hydrogens is 406 g/mol. The second kappa shape index (κ2) is 10.0. The Hall–Kier alpha value is -3.12. The number of hydrogen-bond donors (Lipinski definition) is 2. The van der Waals surface area contributed by atoms with Crippen molar-refractivity contribution in [2.45, 2.75) is 45.6 Å². The van der Waals surface area contributed by atoms with Crippen molar-refractivity contribution in [1.82, 2.24) is 0 Å². The topological polar surface area (TPSA) is 84.9 Å². The van der Waals surface area contributed by atoms with E-state index in [1.54, 1.807) is 20.8 Å². The van der Waals surface area contributed by atoms with Gasteiger partial charge < -0.3 is 19.9 Å². The van der Waals surface area contributed by atoms with Crippen LogP contribution in [0.5, 0.6) is 0 Å². The molecule has 0 fully saturated rings. The first-order chi connectivity index (χ1) is 15.3. The van der Waals surface area contributed by atoms with Crippen LogP contribution < -0.4 is 5.32 Å². The molecule has 1 aliphatic rings. The van der Waals surface area contributed by atoms with E-state index in [1.165, 1.54) is 0 Å². The molecule has 6 heteroatoms.